The first-order valence-electron chi connectivity index (χ1n) is 5.24. The molecule has 2 aromatic rings. The monoisotopic (exact) mass is 292 g/mol. The quantitative estimate of drug-likeness (QED) is 0.442. The molecule has 2 heterocycles. The lowest BCUT2D eigenvalue weighted by atomic mass is 10.5. The number of hydrogen-bond acceptors (Lipinski definition) is 6. The Morgan fingerprint density at radius 3 is 2.89 bits per heavy atom. The number of fused-ring (bicyclic) bond motifs is 1. The van der Waals surface area contributed by atoms with Gasteiger partial charge in [0.2, 0.25) is 0 Å². The smallest absolute Gasteiger partial charge is 0.366 e. The first-order chi connectivity index (χ1) is 8.99. The van der Waals surface area contributed by atoms with E-state index in [9.17, 15) is 13.2 Å². The molecule has 6 nitrogen and oxygen atoms in total. The van der Waals surface area contributed by atoms with Gasteiger partial charge in [-0.05, 0) is 11.8 Å². The minimum absolute atomic E-state index is 0.0876. The van der Waals surface area contributed by atoms with Gasteiger partial charge in [0, 0.05) is 24.7 Å². The topological polar surface area (TPSA) is 80.3 Å². The number of hydrogen-bond donors (Lipinski definition) is 3. The SMILES string of the molecule is NNc1cn2ccnc2c(NCCSC(F)(F)F)n1. The molecule has 0 saturated heterocycles. The summed E-state index contributed by atoms with van der Waals surface area (Å²) in [7, 11) is 0. The molecule has 104 valence electrons. The predicted octanol–water partition coefficient (Wildman–Crippen LogP) is 1.68. The minimum atomic E-state index is -4.22. The third-order valence-corrected chi connectivity index (χ3v) is 2.92. The van der Waals surface area contributed by atoms with E-state index in [4.69, 9.17) is 5.84 Å². The second-order valence-electron chi connectivity index (χ2n) is 3.50. The van der Waals surface area contributed by atoms with Crippen LogP contribution in [-0.2, 0) is 0 Å². The Morgan fingerprint density at radius 2 is 2.21 bits per heavy atom. The fourth-order valence-electron chi connectivity index (χ4n) is 1.46. The van der Waals surface area contributed by atoms with Gasteiger partial charge in [0.1, 0.15) is 0 Å². The maximum atomic E-state index is 12.0. The molecule has 0 atom stereocenters. The normalized spacial score (nSPS) is 11.8. The Bertz CT molecular complexity index is 554. The number of thioether (sulfide) groups is 1. The third kappa shape index (κ3) is 3.64. The van der Waals surface area contributed by atoms with Crippen molar-refractivity contribution in [2.75, 3.05) is 23.0 Å². The van der Waals surface area contributed by atoms with E-state index in [2.05, 4.69) is 20.7 Å². The van der Waals surface area contributed by atoms with Crippen molar-refractivity contribution in [3.8, 4) is 0 Å². The molecule has 0 saturated carbocycles. The number of anilines is 2. The van der Waals surface area contributed by atoms with E-state index in [1.807, 2.05) is 0 Å². The molecule has 0 spiro atoms. The van der Waals surface area contributed by atoms with Gasteiger partial charge in [-0.2, -0.15) is 13.2 Å². The Hall–Kier alpha value is -1.68. The maximum Gasteiger partial charge on any atom is 0.441 e. The number of aromatic nitrogens is 3. The van der Waals surface area contributed by atoms with E-state index < -0.39 is 5.51 Å². The first-order valence-corrected chi connectivity index (χ1v) is 6.23. The van der Waals surface area contributed by atoms with Crippen LogP contribution in [-0.4, -0.2) is 32.2 Å². The highest BCUT2D eigenvalue weighted by molar-refractivity contribution is 8.00. The zero-order valence-electron chi connectivity index (χ0n) is 9.61. The second-order valence-corrected chi connectivity index (χ2v) is 4.66. The number of nitrogen functional groups attached to an aromatic ring is 1. The molecular formula is C9H11F3N6S. The van der Waals surface area contributed by atoms with Crippen molar-refractivity contribution in [1.29, 1.82) is 0 Å². The van der Waals surface area contributed by atoms with Gasteiger partial charge in [-0.1, -0.05) is 0 Å². The number of halogens is 3. The fraction of sp³-hybridized carbons (Fsp3) is 0.333. The van der Waals surface area contributed by atoms with E-state index in [1.165, 1.54) is 0 Å². The summed E-state index contributed by atoms with van der Waals surface area (Å²) in [6.45, 7) is 0.119. The van der Waals surface area contributed by atoms with E-state index in [0.717, 1.165) is 0 Å². The Morgan fingerprint density at radius 1 is 1.42 bits per heavy atom. The van der Waals surface area contributed by atoms with Gasteiger partial charge in [0.05, 0.1) is 6.20 Å². The lowest BCUT2D eigenvalue weighted by molar-refractivity contribution is -0.0327. The minimum Gasteiger partial charge on any atom is -0.366 e. The number of nitrogens with zero attached hydrogens (tertiary/aromatic N) is 3. The van der Waals surface area contributed by atoms with Crippen molar-refractivity contribution in [3.63, 3.8) is 0 Å². The van der Waals surface area contributed by atoms with Crippen LogP contribution in [0, 0.1) is 0 Å². The van der Waals surface area contributed by atoms with Crippen LogP contribution < -0.4 is 16.6 Å². The molecule has 2 aromatic heterocycles. The molecule has 0 amide bonds. The molecule has 0 aromatic carbocycles. The number of nitrogens with one attached hydrogen (secondary N) is 2. The van der Waals surface area contributed by atoms with Crippen LogP contribution in [0.5, 0.6) is 0 Å². The molecule has 0 bridgehead atoms. The lowest BCUT2D eigenvalue weighted by Gasteiger charge is -2.10. The molecule has 10 heteroatoms. The number of alkyl halides is 3. The highest BCUT2D eigenvalue weighted by atomic mass is 32.2. The average molecular weight is 292 g/mol. The van der Waals surface area contributed by atoms with E-state index in [-0.39, 0.29) is 24.1 Å². The molecule has 0 aliphatic heterocycles. The first kappa shape index (κ1) is 13.7. The number of nitrogens with two attached hydrogens (primary N) is 1. The van der Waals surface area contributed by atoms with E-state index >= 15 is 0 Å². The van der Waals surface area contributed by atoms with Gasteiger partial charge in [0.15, 0.2) is 17.3 Å². The molecular weight excluding hydrogens is 281 g/mol. The van der Waals surface area contributed by atoms with Crippen LogP contribution in [0.1, 0.15) is 0 Å². The fourth-order valence-corrected chi connectivity index (χ4v) is 1.89. The third-order valence-electron chi connectivity index (χ3n) is 2.18. The van der Waals surface area contributed by atoms with Crippen LogP contribution in [0.4, 0.5) is 24.8 Å². The highest BCUT2D eigenvalue weighted by Gasteiger charge is 2.27. The Balaban J connectivity index is 2.05. The summed E-state index contributed by atoms with van der Waals surface area (Å²) in [6.07, 6.45) is 4.87. The van der Waals surface area contributed by atoms with Crippen LogP contribution in [0.15, 0.2) is 18.6 Å². The predicted molar refractivity (Wildman–Crippen MR) is 67.8 cm³/mol. The number of imidazole rings is 1. The summed E-state index contributed by atoms with van der Waals surface area (Å²) in [5.74, 6) is 5.91. The Kier molecular flexibility index (Phi) is 4.00. The molecule has 4 N–H and O–H groups in total. The highest BCUT2D eigenvalue weighted by Crippen LogP contribution is 2.29. The van der Waals surface area contributed by atoms with Gasteiger partial charge in [-0.25, -0.2) is 15.8 Å². The van der Waals surface area contributed by atoms with Gasteiger partial charge in [-0.15, -0.1) is 0 Å². The van der Waals surface area contributed by atoms with Crippen molar-refractivity contribution >= 4 is 29.0 Å². The van der Waals surface area contributed by atoms with Gasteiger partial charge < -0.3 is 15.1 Å². The van der Waals surface area contributed by atoms with Crippen molar-refractivity contribution in [2.24, 2.45) is 5.84 Å². The average Bonchev–Trinajstić information content (AvgIpc) is 2.81. The van der Waals surface area contributed by atoms with E-state index in [0.29, 0.717) is 17.3 Å². The summed E-state index contributed by atoms with van der Waals surface area (Å²) in [5.41, 5.74) is -1.32. The molecule has 0 aliphatic carbocycles. The van der Waals surface area contributed by atoms with Crippen LogP contribution >= 0.6 is 11.8 Å². The lowest BCUT2D eigenvalue weighted by Crippen LogP contribution is -2.14. The van der Waals surface area contributed by atoms with Crippen molar-refractivity contribution in [1.82, 2.24) is 14.4 Å². The number of rotatable bonds is 5. The Labute approximate surface area is 110 Å². The van der Waals surface area contributed by atoms with Crippen molar-refractivity contribution < 1.29 is 13.2 Å². The summed E-state index contributed by atoms with van der Waals surface area (Å²) in [6, 6.07) is 0. The van der Waals surface area contributed by atoms with E-state index in [1.54, 1.807) is 23.0 Å². The van der Waals surface area contributed by atoms with Gasteiger partial charge in [0.25, 0.3) is 0 Å². The molecule has 0 radical (unpaired) electrons. The molecule has 0 fully saturated rings. The molecule has 19 heavy (non-hydrogen) atoms. The molecule has 2 rings (SSSR count). The molecule has 0 unspecified atom stereocenters. The largest absolute Gasteiger partial charge is 0.441 e. The summed E-state index contributed by atoms with van der Waals surface area (Å²) >= 11 is -0.0876. The van der Waals surface area contributed by atoms with Crippen LogP contribution in [0.2, 0.25) is 0 Å². The van der Waals surface area contributed by atoms with Gasteiger partial charge >= 0.3 is 5.51 Å². The second kappa shape index (κ2) is 5.53. The van der Waals surface area contributed by atoms with Crippen LogP contribution in [0.25, 0.3) is 5.65 Å². The summed E-state index contributed by atoms with van der Waals surface area (Å²) < 4.78 is 37.6. The summed E-state index contributed by atoms with van der Waals surface area (Å²) in [5, 5.41) is 2.81. The summed E-state index contributed by atoms with van der Waals surface area (Å²) in [4.78, 5) is 8.17. The zero-order valence-corrected chi connectivity index (χ0v) is 10.4. The maximum absolute atomic E-state index is 12.0. The van der Waals surface area contributed by atoms with Crippen molar-refractivity contribution in [3.05, 3.63) is 18.6 Å². The van der Waals surface area contributed by atoms with Crippen molar-refractivity contribution in [2.45, 2.75) is 5.51 Å². The van der Waals surface area contributed by atoms with Gasteiger partial charge in [-0.3, -0.25) is 0 Å². The zero-order chi connectivity index (χ0) is 13.9. The standard InChI is InChI=1S/C9H11F3N6S/c10-9(11,12)19-4-2-14-7-8-15-1-3-18(8)5-6(16-7)17-13/h1,3,5,17H,2,4,13H2,(H,14,16). The van der Waals surface area contributed by atoms with Crippen LogP contribution in [0.3, 0.4) is 0 Å². The number of hydrazine groups is 1. The molecule has 0 aliphatic rings.